The third-order valence-corrected chi connectivity index (χ3v) is 7.78. The maximum atomic E-state index is 14.5. The Morgan fingerprint density at radius 2 is 1.83 bits per heavy atom. The maximum Gasteiger partial charge on any atom is 0.458 e. The van der Waals surface area contributed by atoms with Gasteiger partial charge in [0.15, 0.2) is 6.61 Å². The number of para-hydroxylation sites is 1. The van der Waals surface area contributed by atoms with Crippen LogP contribution in [0.15, 0.2) is 24.3 Å². The summed E-state index contributed by atoms with van der Waals surface area (Å²) in [6.07, 6.45) is -1.71. The molecular formula is C24H28F4N2O5. The molecule has 6 rings (SSSR count). The predicted octanol–water partition coefficient (Wildman–Crippen LogP) is 3.23. The molecule has 1 saturated carbocycles. The molecule has 35 heavy (non-hydrogen) atoms. The van der Waals surface area contributed by atoms with Gasteiger partial charge in [0.2, 0.25) is 0 Å². The lowest BCUT2D eigenvalue weighted by atomic mass is 9.80. The first-order chi connectivity index (χ1) is 16.6. The van der Waals surface area contributed by atoms with Crippen LogP contribution in [0.3, 0.4) is 0 Å². The highest BCUT2D eigenvalue weighted by molar-refractivity contribution is 5.86. The van der Waals surface area contributed by atoms with Crippen molar-refractivity contribution in [1.29, 1.82) is 0 Å². The summed E-state index contributed by atoms with van der Waals surface area (Å²) in [7, 11) is 0. The van der Waals surface area contributed by atoms with Gasteiger partial charge in [0.25, 0.3) is 11.8 Å². The Morgan fingerprint density at radius 1 is 1.09 bits per heavy atom. The number of hydrogen-bond acceptors (Lipinski definition) is 5. The highest BCUT2D eigenvalue weighted by Gasteiger charge is 2.68. The van der Waals surface area contributed by atoms with Crippen molar-refractivity contribution in [2.45, 2.75) is 74.2 Å². The molecule has 3 atom stereocenters. The Labute approximate surface area is 200 Å². The molecule has 3 fully saturated rings. The Hall–Kier alpha value is -2.40. The summed E-state index contributed by atoms with van der Waals surface area (Å²) in [6, 6.07) is 6.78. The largest absolute Gasteiger partial charge is 0.483 e. The van der Waals surface area contributed by atoms with Gasteiger partial charge in [-0.3, -0.25) is 9.59 Å². The van der Waals surface area contributed by atoms with Gasteiger partial charge in [-0.15, -0.1) is 0 Å². The van der Waals surface area contributed by atoms with Gasteiger partial charge in [-0.2, -0.15) is 17.6 Å². The lowest BCUT2D eigenvalue weighted by Gasteiger charge is -2.53. The van der Waals surface area contributed by atoms with E-state index in [1.165, 1.54) is 4.90 Å². The van der Waals surface area contributed by atoms with Crippen molar-refractivity contribution in [1.82, 2.24) is 10.2 Å². The molecule has 1 aliphatic carbocycles. The first kappa shape index (κ1) is 24.3. The summed E-state index contributed by atoms with van der Waals surface area (Å²) in [4.78, 5) is 27.1. The number of morpholine rings is 1. The average Bonchev–Trinajstić information content (AvgIpc) is 2.85. The fourth-order valence-electron chi connectivity index (χ4n) is 5.83. The first-order valence-electron chi connectivity index (χ1n) is 12.0. The van der Waals surface area contributed by atoms with E-state index in [-0.39, 0.29) is 37.6 Å². The number of ether oxygens (including phenoxy) is 3. The van der Waals surface area contributed by atoms with Gasteiger partial charge in [0, 0.05) is 6.54 Å². The molecule has 5 aliphatic rings. The number of piperidine rings is 1. The quantitative estimate of drug-likeness (QED) is 0.554. The molecule has 0 radical (unpaired) electrons. The van der Waals surface area contributed by atoms with E-state index >= 15 is 0 Å². The molecule has 4 heterocycles. The standard InChI is InChI=1S/C24H28F4N2O5/c25-23(24(26,27)28)21(32)29-22(14-35-23)10-3-11-30-19(22)12-33-16-8-6-15(7-9-16)17-4-1-2-5-18(17)34-13-20(30)31/h1-2,4-5,15-16,19H,3,6-14H2,(H,29,32)/t15?,16?,19-,22+,23?/m0/s1. The van der Waals surface area contributed by atoms with Crippen molar-refractivity contribution in [2.24, 2.45) is 0 Å². The van der Waals surface area contributed by atoms with Crippen LogP contribution in [0.2, 0.25) is 0 Å². The van der Waals surface area contributed by atoms with E-state index < -0.39 is 36.1 Å². The SMILES string of the molecule is O=C1COc2ccccc2C2CCC(CC2)OC[C@@H]2N1CCC[C@@]21COC(F)(C(F)(F)F)C(=O)N1. The smallest absolute Gasteiger partial charge is 0.458 e. The number of amides is 2. The van der Waals surface area contributed by atoms with Crippen LogP contribution in [0, 0.1) is 0 Å². The van der Waals surface area contributed by atoms with Gasteiger partial charge < -0.3 is 24.4 Å². The fourth-order valence-corrected chi connectivity index (χ4v) is 5.83. The average molecular weight is 500 g/mol. The molecule has 1 unspecified atom stereocenters. The number of nitrogens with one attached hydrogen (secondary N) is 1. The number of benzene rings is 1. The highest BCUT2D eigenvalue weighted by Crippen LogP contribution is 2.43. The van der Waals surface area contributed by atoms with Crippen molar-refractivity contribution < 1.29 is 41.4 Å². The number of fused-ring (bicyclic) bond motifs is 5. The number of carbonyl (C=O) groups is 2. The van der Waals surface area contributed by atoms with Gasteiger partial charge >= 0.3 is 12.0 Å². The fraction of sp³-hybridized carbons (Fsp3) is 0.667. The van der Waals surface area contributed by atoms with Gasteiger partial charge in [-0.1, -0.05) is 18.2 Å². The third kappa shape index (κ3) is 4.26. The number of halogens is 4. The monoisotopic (exact) mass is 500 g/mol. The molecule has 4 aliphatic heterocycles. The summed E-state index contributed by atoms with van der Waals surface area (Å²) in [5.41, 5.74) is -0.356. The highest BCUT2D eigenvalue weighted by atomic mass is 19.4. The molecule has 1 aromatic rings. The normalized spacial score (nSPS) is 36.2. The zero-order valence-corrected chi connectivity index (χ0v) is 19.1. The van der Waals surface area contributed by atoms with Crippen molar-refractivity contribution in [3.8, 4) is 5.75 Å². The van der Waals surface area contributed by atoms with Crippen molar-refractivity contribution in [3.05, 3.63) is 29.8 Å². The molecular weight excluding hydrogens is 472 g/mol. The summed E-state index contributed by atoms with van der Waals surface area (Å²) < 4.78 is 70.9. The summed E-state index contributed by atoms with van der Waals surface area (Å²) in [6.45, 7) is -0.709. The molecule has 2 bridgehead atoms. The van der Waals surface area contributed by atoms with E-state index in [4.69, 9.17) is 9.47 Å². The maximum absolute atomic E-state index is 14.5. The summed E-state index contributed by atoms with van der Waals surface area (Å²) in [5, 5.41) is 2.26. The van der Waals surface area contributed by atoms with Crippen LogP contribution in [-0.2, 0) is 19.1 Å². The van der Waals surface area contributed by atoms with Gasteiger partial charge in [-0.05, 0) is 56.1 Å². The van der Waals surface area contributed by atoms with Gasteiger partial charge in [0.1, 0.15) is 5.75 Å². The second kappa shape index (κ2) is 8.92. The zero-order chi connectivity index (χ0) is 24.8. The van der Waals surface area contributed by atoms with Gasteiger partial charge in [-0.25, -0.2) is 0 Å². The third-order valence-electron chi connectivity index (χ3n) is 7.78. The minimum atomic E-state index is -5.52. The molecule has 1 N–H and O–H groups in total. The Morgan fingerprint density at radius 3 is 2.54 bits per heavy atom. The second-order valence-corrected chi connectivity index (χ2v) is 9.83. The van der Waals surface area contributed by atoms with Crippen molar-refractivity contribution in [2.75, 3.05) is 26.4 Å². The van der Waals surface area contributed by atoms with E-state index in [2.05, 4.69) is 10.1 Å². The molecule has 192 valence electrons. The number of rotatable bonds is 0. The van der Waals surface area contributed by atoms with E-state index in [1.54, 1.807) is 0 Å². The second-order valence-electron chi connectivity index (χ2n) is 9.83. The minimum absolute atomic E-state index is 0.0109. The Bertz CT molecular complexity index is 983. The summed E-state index contributed by atoms with van der Waals surface area (Å²) >= 11 is 0. The molecule has 7 nitrogen and oxygen atoms in total. The topological polar surface area (TPSA) is 77.1 Å². The van der Waals surface area contributed by atoms with Crippen molar-refractivity contribution in [3.63, 3.8) is 0 Å². The van der Waals surface area contributed by atoms with Crippen molar-refractivity contribution >= 4 is 11.8 Å². The van der Waals surface area contributed by atoms with E-state index in [0.29, 0.717) is 18.7 Å². The van der Waals surface area contributed by atoms with Crippen LogP contribution < -0.4 is 10.1 Å². The molecule has 1 spiro atoms. The lowest BCUT2D eigenvalue weighted by Crippen LogP contribution is -2.76. The minimum Gasteiger partial charge on any atom is -0.483 e. The molecule has 11 heteroatoms. The summed E-state index contributed by atoms with van der Waals surface area (Å²) in [5.74, 6) is -5.81. The van der Waals surface area contributed by atoms with E-state index in [0.717, 1.165) is 31.2 Å². The Balaban J connectivity index is 1.44. The van der Waals surface area contributed by atoms with Crippen LogP contribution in [0.25, 0.3) is 0 Å². The number of nitrogens with zero attached hydrogens (tertiary/aromatic N) is 1. The molecule has 2 saturated heterocycles. The number of alkyl halides is 4. The van der Waals surface area contributed by atoms with Crippen LogP contribution in [-0.4, -0.2) is 72.8 Å². The molecule has 2 amide bonds. The number of hydrogen-bond donors (Lipinski definition) is 1. The van der Waals surface area contributed by atoms with Gasteiger partial charge in [0.05, 0.1) is 30.9 Å². The first-order valence-corrected chi connectivity index (χ1v) is 12.0. The van der Waals surface area contributed by atoms with Crippen LogP contribution >= 0.6 is 0 Å². The zero-order valence-electron chi connectivity index (χ0n) is 19.1. The Kier molecular flexibility index (Phi) is 6.19. The lowest BCUT2D eigenvalue weighted by molar-refractivity contribution is -0.330. The predicted molar refractivity (Wildman–Crippen MR) is 114 cm³/mol. The van der Waals surface area contributed by atoms with Crippen LogP contribution in [0.1, 0.15) is 50.0 Å². The number of carbonyl (C=O) groups excluding carboxylic acids is 2. The van der Waals surface area contributed by atoms with E-state index in [9.17, 15) is 27.2 Å². The van der Waals surface area contributed by atoms with E-state index in [1.807, 2.05) is 24.3 Å². The van der Waals surface area contributed by atoms with Crippen LogP contribution in [0.5, 0.6) is 5.75 Å². The van der Waals surface area contributed by atoms with Crippen LogP contribution in [0.4, 0.5) is 17.6 Å². The molecule has 0 aromatic heterocycles. The molecule has 1 aromatic carbocycles.